The van der Waals surface area contributed by atoms with Crippen molar-refractivity contribution in [2.24, 2.45) is 0 Å². The SMILES string of the molecule is O=C(C(c1ccc(F)cc1)c1ccc(O)cc1O)C(c1ccc(F)cc1)c1ccc(O)cc1O. The van der Waals surface area contributed by atoms with E-state index in [1.54, 1.807) is 0 Å². The highest BCUT2D eigenvalue weighted by Crippen LogP contribution is 2.42. The number of hydrogen-bond acceptors (Lipinski definition) is 5. The third kappa shape index (κ3) is 4.54. The molecule has 7 heteroatoms. The molecule has 0 saturated carbocycles. The molecule has 0 aromatic heterocycles. The summed E-state index contributed by atoms with van der Waals surface area (Å²) in [6.07, 6.45) is 0. The highest BCUT2D eigenvalue weighted by molar-refractivity contribution is 5.98. The molecule has 2 unspecified atom stereocenters. The number of rotatable bonds is 6. The van der Waals surface area contributed by atoms with Gasteiger partial charge in [0.05, 0.1) is 11.8 Å². The van der Waals surface area contributed by atoms with Crippen LogP contribution in [0, 0.1) is 11.6 Å². The summed E-state index contributed by atoms with van der Waals surface area (Å²) in [5, 5.41) is 40.6. The summed E-state index contributed by atoms with van der Waals surface area (Å²) < 4.78 is 27.3. The average Bonchev–Trinajstić information content (AvgIpc) is 2.79. The molecule has 0 spiro atoms. The Morgan fingerprint density at radius 1 is 0.559 bits per heavy atom. The van der Waals surface area contributed by atoms with Gasteiger partial charge in [-0.1, -0.05) is 36.4 Å². The smallest absolute Gasteiger partial charge is 0.156 e. The van der Waals surface area contributed by atoms with E-state index in [1.165, 1.54) is 72.8 Å². The van der Waals surface area contributed by atoms with Gasteiger partial charge < -0.3 is 20.4 Å². The largest absolute Gasteiger partial charge is 0.508 e. The molecular weight excluding hydrogens is 442 g/mol. The number of benzene rings is 4. The first-order chi connectivity index (χ1) is 16.2. The van der Waals surface area contributed by atoms with Crippen LogP contribution >= 0.6 is 0 Å². The third-order valence-corrected chi connectivity index (χ3v) is 5.63. The molecule has 0 saturated heterocycles. The van der Waals surface area contributed by atoms with Gasteiger partial charge in [-0.2, -0.15) is 0 Å². The Hall–Kier alpha value is -4.39. The molecule has 0 aliphatic carbocycles. The molecule has 4 aromatic rings. The second-order valence-electron chi connectivity index (χ2n) is 7.86. The Kier molecular flexibility index (Phi) is 6.19. The van der Waals surface area contributed by atoms with E-state index in [4.69, 9.17) is 0 Å². The van der Waals surface area contributed by atoms with Gasteiger partial charge in [0.1, 0.15) is 34.6 Å². The zero-order chi connectivity index (χ0) is 24.4. The first kappa shape index (κ1) is 22.8. The molecule has 0 amide bonds. The minimum absolute atomic E-state index is 0.153. The maximum atomic E-state index is 14.2. The second kappa shape index (κ2) is 9.23. The van der Waals surface area contributed by atoms with Crippen LogP contribution in [0.1, 0.15) is 34.1 Å². The second-order valence-corrected chi connectivity index (χ2v) is 7.86. The molecule has 0 bridgehead atoms. The normalized spacial score (nSPS) is 12.8. The van der Waals surface area contributed by atoms with Crippen molar-refractivity contribution in [1.82, 2.24) is 0 Å². The van der Waals surface area contributed by atoms with Crippen molar-refractivity contribution in [2.45, 2.75) is 11.8 Å². The molecule has 4 N–H and O–H groups in total. The topological polar surface area (TPSA) is 98.0 Å². The molecule has 0 fully saturated rings. The highest BCUT2D eigenvalue weighted by Gasteiger charge is 2.35. The van der Waals surface area contributed by atoms with E-state index in [-0.39, 0.29) is 34.1 Å². The summed E-state index contributed by atoms with van der Waals surface area (Å²) in [5.74, 6) is -4.94. The van der Waals surface area contributed by atoms with Crippen LogP contribution in [0.3, 0.4) is 0 Å². The fraction of sp³-hybridized carbons (Fsp3) is 0.0741. The summed E-state index contributed by atoms with van der Waals surface area (Å²) in [6.45, 7) is 0. The first-order valence-corrected chi connectivity index (χ1v) is 10.3. The quantitative estimate of drug-likeness (QED) is 0.311. The summed E-state index contributed by atoms with van der Waals surface area (Å²) in [6, 6.07) is 17.9. The zero-order valence-corrected chi connectivity index (χ0v) is 17.7. The Balaban J connectivity index is 1.94. The number of phenols is 4. The van der Waals surface area contributed by atoms with Crippen LogP contribution in [0.15, 0.2) is 84.9 Å². The van der Waals surface area contributed by atoms with Gasteiger partial charge >= 0.3 is 0 Å². The number of carbonyl (C=O) groups is 1. The number of hydrogen-bond donors (Lipinski definition) is 4. The van der Waals surface area contributed by atoms with E-state index in [9.17, 15) is 34.0 Å². The maximum absolute atomic E-state index is 14.2. The first-order valence-electron chi connectivity index (χ1n) is 10.3. The van der Waals surface area contributed by atoms with E-state index >= 15 is 0 Å². The molecule has 0 aliphatic rings. The van der Waals surface area contributed by atoms with Crippen LogP contribution in [-0.4, -0.2) is 26.2 Å². The van der Waals surface area contributed by atoms with Crippen molar-refractivity contribution in [1.29, 1.82) is 0 Å². The Morgan fingerprint density at radius 3 is 1.24 bits per heavy atom. The van der Waals surface area contributed by atoms with Crippen molar-refractivity contribution < 1.29 is 34.0 Å². The van der Waals surface area contributed by atoms with Crippen LogP contribution in [0.4, 0.5) is 8.78 Å². The van der Waals surface area contributed by atoms with Crippen LogP contribution in [0.2, 0.25) is 0 Å². The molecule has 34 heavy (non-hydrogen) atoms. The predicted octanol–water partition coefficient (Wildman–Crippen LogP) is 5.32. The average molecular weight is 462 g/mol. The number of ketones is 1. The van der Waals surface area contributed by atoms with E-state index in [0.29, 0.717) is 11.1 Å². The number of phenolic OH excluding ortho intramolecular Hbond substituents is 4. The van der Waals surface area contributed by atoms with Crippen molar-refractivity contribution >= 4 is 5.78 Å². The van der Waals surface area contributed by atoms with Gasteiger partial charge in [-0.05, 0) is 47.5 Å². The molecule has 0 heterocycles. The molecular formula is C27H20F2O5. The predicted molar refractivity (Wildman–Crippen MR) is 121 cm³/mol. The fourth-order valence-electron chi connectivity index (χ4n) is 4.02. The molecule has 0 radical (unpaired) electrons. The van der Waals surface area contributed by atoms with E-state index in [1.807, 2.05) is 0 Å². The molecule has 4 rings (SSSR count). The standard InChI is InChI=1S/C27H20F2O5/c28-17-5-1-15(2-6-17)25(21-11-9-19(30)13-23(21)32)27(34)26(16-3-7-18(29)8-4-16)22-12-10-20(31)14-24(22)33/h1-14,25-26,30-33H. The monoisotopic (exact) mass is 462 g/mol. The lowest BCUT2D eigenvalue weighted by Gasteiger charge is -2.25. The Labute approximate surface area is 193 Å². The van der Waals surface area contributed by atoms with Crippen molar-refractivity contribution in [3.8, 4) is 23.0 Å². The van der Waals surface area contributed by atoms with Crippen LogP contribution in [0.5, 0.6) is 23.0 Å². The minimum Gasteiger partial charge on any atom is -0.508 e. The van der Waals surface area contributed by atoms with Crippen molar-refractivity contribution in [3.05, 3.63) is 119 Å². The van der Waals surface area contributed by atoms with Gasteiger partial charge in [0.25, 0.3) is 0 Å². The number of halogens is 2. The van der Waals surface area contributed by atoms with Crippen molar-refractivity contribution in [3.63, 3.8) is 0 Å². The van der Waals surface area contributed by atoms with Crippen LogP contribution in [-0.2, 0) is 4.79 Å². The van der Waals surface area contributed by atoms with Gasteiger partial charge in [-0.3, -0.25) is 4.79 Å². The number of carbonyl (C=O) groups excluding carboxylic acids is 1. The number of Topliss-reactive ketones (excluding diaryl/α,β-unsaturated/α-hetero) is 1. The van der Waals surface area contributed by atoms with Gasteiger partial charge in [-0.15, -0.1) is 0 Å². The molecule has 4 aromatic carbocycles. The molecule has 2 atom stereocenters. The summed E-state index contributed by atoms with van der Waals surface area (Å²) >= 11 is 0. The summed E-state index contributed by atoms with van der Waals surface area (Å²) in [7, 11) is 0. The van der Waals surface area contributed by atoms with Crippen LogP contribution in [0.25, 0.3) is 0 Å². The van der Waals surface area contributed by atoms with Crippen molar-refractivity contribution in [2.75, 3.05) is 0 Å². The van der Waals surface area contributed by atoms with E-state index < -0.39 is 29.3 Å². The zero-order valence-electron chi connectivity index (χ0n) is 17.7. The van der Waals surface area contributed by atoms with Gasteiger partial charge in [0.15, 0.2) is 5.78 Å². The van der Waals surface area contributed by atoms with E-state index in [0.717, 1.165) is 12.1 Å². The van der Waals surface area contributed by atoms with E-state index in [2.05, 4.69) is 0 Å². The van der Waals surface area contributed by atoms with Gasteiger partial charge in [0, 0.05) is 23.3 Å². The lowest BCUT2D eigenvalue weighted by molar-refractivity contribution is -0.120. The lowest BCUT2D eigenvalue weighted by atomic mass is 9.76. The highest BCUT2D eigenvalue weighted by atomic mass is 19.1. The molecule has 0 aliphatic heterocycles. The number of aromatic hydroxyl groups is 4. The summed E-state index contributed by atoms with van der Waals surface area (Å²) in [5.41, 5.74) is 1.02. The maximum Gasteiger partial charge on any atom is 0.156 e. The minimum atomic E-state index is -1.13. The van der Waals surface area contributed by atoms with Gasteiger partial charge in [-0.25, -0.2) is 8.78 Å². The lowest BCUT2D eigenvalue weighted by Crippen LogP contribution is -2.23. The molecule has 172 valence electrons. The Bertz CT molecular complexity index is 1230. The molecule has 5 nitrogen and oxygen atoms in total. The third-order valence-electron chi connectivity index (χ3n) is 5.63. The fourth-order valence-corrected chi connectivity index (χ4v) is 4.02. The van der Waals surface area contributed by atoms with Gasteiger partial charge in [0.2, 0.25) is 0 Å². The summed E-state index contributed by atoms with van der Waals surface area (Å²) in [4.78, 5) is 14.2. The Morgan fingerprint density at radius 2 is 0.912 bits per heavy atom. The van der Waals surface area contributed by atoms with Crippen LogP contribution < -0.4 is 0 Å².